The Kier molecular flexibility index (Phi) is 3.99. The molecule has 1 aromatic rings. The van der Waals surface area contributed by atoms with Crippen LogP contribution in [0, 0.1) is 12.8 Å². The smallest absolute Gasteiger partial charge is 0.223 e. The zero-order valence-electron chi connectivity index (χ0n) is 9.79. The van der Waals surface area contributed by atoms with Crippen molar-refractivity contribution in [3.63, 3.8) is 0 Å². The Morgan fingerprint density at radius 1 is 1.47 bits per heavy atom. The summed E-state index contributed by atoms with van der Waals surface area (Å²) in [5.41, 5.74) is 0.956. The van der Waals surface area contributed by atoms with Crippen LogP contribution in [0.25, 0.3) is 0 Å². The second kappa shape index (κ2) is 5.49. The third kappa shape index (κ3) is 3.70. The Hall–Kier alpha value is -1.10. The number of carbonyl (C=O) groups excluding carboxylic acids is 1. The fraction of sp³-hybridized carbons (Fsp3) is 0.500. The molecule has 17 heavy (non-hydrogen) atoms. The zero-order chi connectivity index (χ0) is 12.3. The van der Waals surface area contributed by atoms with Crippen molar-refractivity contribution >= 4 is 27.7 Å². The van der Waals surface area contributed by atoms with E-state index in [1.54, 1.807) is 0 Å². The van der Waals surface area contributed by atoms with Crippen LogP contribution in [-0.2, 0) is 4.79 Å². The minimum absolute atomic E-state index is 0.187. The van der Waals surface area contributed by atoms with Crippen molar-refractivity contribution in [3.05, 3.63) is 22.3 Å². The first-order valence-electron chi connectivity index (χ1n) is 5.81. The molecule has 1 fully saturated rings. The van der Waals surface area contributed by atoms with Gasteiger partial charge < -0.3 is 10.6 Å². The molecule has 0 aliphatic heterocycles. The lowest BCUT2D eigenvalue weighted by Gasteiger charge is -2.08. The van der Waals surface area contributed by atoms with E-state index < -0.39 is 0 Å². The minimum atomic E-state index is 0.187. The SMILES string of the molecule is Cc1nc(NCCNC(=O)C2CC2)ccc1Br. The number of aromatic nitrogens is 1. The molecule has 4 nitrogen and oxygen atoms in total. The summed E-state index contributed by atoms with van der Waals surface area (Å²) in [6.45, 7) is 3.29. The van der Waals surface area contributed by atoms with Gasteiger partial charge in [-0.15, -0.1) is 0 Å². The van der Waals surface area contributed by atoms with Crippen LogP contribution in [0.2, 0.25) is 0 Å². The number of hydrogen-bond donors (Lipinski definition) is 2. The van der Waals surface area contributed by atoms with Crippen molar-refractivity contribution in [2.75, 3.05) is 18.4 Å². The van der Waals surface area contributed by atoms with Gasteiger partial charge in [0.25, 0.3) is 0 Å². The highest BCUT2D eigenvalue weighted by atomic mass is 79.9. The lowest BCUT2D eigenvalue weighted by atomic mass is 10.3. The molecule has 2 N–H and O–H groups in total. The average molecular weight is 298 g/mol. The number of nitrogens with zero attached hydrogens (tertiary/aromatic N) is 1. The summed E-state index contributed by atoms with van der Waals surface area (Å²) in [6, 6.07) is 3.88. The number of nitrogens with one attached hydrogen (secondary N) is 2. The Labute approximate surface area is 109 Å². The summed E-state index contributed by atoms with van der Waals surface area (Å²) in [5.74, 6) is 1.31. The van der Waals surface area contributed by atoms with Crippen molar-refractivity contribution in [1.29, 1.82) is 0 Å². The molecule has 0 bridgehead atoms. The third-order valence-corrected chi connectivity index (χ3v) is 3.54. The van der Waals surface area contributed by atoms with Crippen LogP contribution in [0.15, 0.2) is 16.6 Å². The van der Waals surface area contributed by atoms with Gasteiger partial charge in [-0.25, -0.2) is 4.98 Å². The number of amides is 1. The predicted molar refractivity (Wildman–Crippen MR) is 70.9 cm³/mol. The standard InChI is InChI=1S/C12H16BrN3O/c1-8-10(13)4-5-11(16-8)14-6-7-15-12(17)9-2-3-9/h4-5,9H,2-3,6-7H2,1H3,(H,14,16)(H,15,17). The topological polar surface area (TPSA) is 54.0 Å². The van der Waals surface area contributed by atoms with Gasteiger partial charge in [-0.2, -0.15) is 0 Å². The van der Waals surface area contributed by atoms with Crippen molar-refractivity contribution in [2.45, 2.75) is 19.8 Å². The summed E-state index contributed by atoms with van der Waals surface area (Å²) in [4.78, 5) is 15.7. The molecule has 0 spiro atoms. The largest absolute Gasteiger partial charge is 0.368 e. The summed E-state index contributed by atoms with van der Waals surface area (Å²) in [7, 11) is 0. The summed E-state index contributed by atoms with van der Waals surface area (Å²) < 4.78 is 1.00. The maximum Gasteiger partial charge on any atom is 0.223 e. The van der Waals surface area contributed by atoms with E-state index >= 15 is 0 Å². The number of pyridine rings is 1. The molecule has 1 saturated carbocycles. The van der Waals surface area contributed by atoms with Gasteiger partial charge in [0, 0.05) is 23.5 Å². The Balaban J connectivity index is 1.70. The van der Waals surface area contributed by atoms with E-state index in [4.69, 9.17) is 0 Å². The van der Waals surface area contributed by atoms with E-state index in [9.17, 15) is 4.79 Å². The van der Waals surface area contributed by atoms with Gasteiger partial charge in [-0.1, -0.05) is 0 Å². The summed E-state index contributed by atoms with van der Waals surface area (Å²) in [5, 5.41) is 6.08. The van der Waals surface area contributed by atoms with Gasteiger partial charge in [0.2, 0.25) is 5.91 Å². The number of rotatable bonds is 5. The number of aryl methyl sites for hydroxylation is 1. The summed E-state index contributed by atoms with van der Waals surface area (Å²) >= 11 is 3.41. The van der Waals surface area contributed by atoms with Crippen LogP contribution in [-0.4, -0.2) is 24.0 Å². The molecule has 2 rings (SSSR count). The van der Waals surface area contributed by atoms with Gasteiger partial charge in [0.15, 0.2) is 0 Å². The number of halogens is 1. The number of carbonyl (C=O) groups is 1. The second-order valence-corrected chi connectivity index (χ2v) is 5.11. The molecule has 5 heteroatoms. The molecule has 92 valence electrons. The van der Waals surface area contributed by atoms with Gasteiger partial charge >= 0.3 is 0 Å². The van der Waals surface area contributed by atoms with Crippen molar-refractivity contribution in [1.82, 2.24) is 10.3 Å². The Bertz CT molecular complexity index is 418. The normalized spacial score (nSPS) is 14.5. The highest BCUT2D eigenvalue weighted by molar-refractivity contribution is 9.10. The highest BCUT2D eigenvalue weighted by Crippen LogP contribution is 2.28. The second-order valence-electron chi connectivity index (χ2n) is 4.26. The fourth-order valence-corrected chi connectivity index (χ4v) is 1.73. The van der Waals surface area contributed by atoms with E-state index in [0.717, 1.165) is 28.8 Å². The molecule has 0 saturated heterocycles. The molecule has 0 aromatic carbocycles. The molecule has 0 unspecified atom stereocenters. The average Bonchev–Trinajstić information content (AvgIpc) is 3.13. The maximum absolute atomic E-state index is 11.4. The van der Waals surface area contributed by atoms with Gasteiger partial charge in [0.1, 0.15) is 5.82 Å². The first kappa shape index (κ1) is 12.4. The molecular weight excluding hydrogens is 282 g/mol. The van der Waals surface area contributed by atoms with Crippen molar-refractivity contribution < 1.29 is 4.79 Å². The highest BCUT2D eigenvalue weighted by Gasteiger charge is 2.28. The molecule has 1 aliphatic carbocycles. The molecule has 0 radical (unpaired) electrons. The zero-order valence-corrected chi connectivity index (χ0v) is 11.4. The number of anilines is 1. The molecule has 1 aliphatic rings. The fourth-order valence-electron chi connectivity index (χ4n) is 1.51. The van der Waals surface area contributed by atoms with Crippen LogP contribution < -0.4 is 10.6 Å². The minimum Gasteiger partial charge on any atom is -0.368 e. The van der Waals surface area contributed by atoms with Crippen molar-refractivity contribution in [2.24, 2.45) is 5.92 Å². The van der Waals surface area contributed by atoms with Crippen molar-refractivity contribution in [3.8, 4) is 0 Å². The van der Waals surface area contributed by atoms with E-state index in [-0.39, 0.29) is 11.8 Å². The maximum atomic E-state index is 11.4. The lowest BCUT2D eigenvalue weighted by molar-refractivity contribution is -0.122. The van der Waals surface area contributed by atoms with Gasteiger partial charge in [-0.05, 0) is 47.8 Å². The first-order chi connectivity index (χ1) is 8.16. The summed E-state index contributed by atoms with van der Waals surface area (Å²) in [6.07, 6.45) is 2.10. The first-order valence-corrected chi connectivity index (χ1v) is 6.61. The van der Waals surface area contributed by atoms with Gasteiger partial charge in [0.05, 0.1) is 5.69 Å². The molecular formula is C12H16BrN3O. The molecule has 1 heterocycles. The van der Waals surface area contributed by atoms with E-state index in [0.29, 0.717) is 13.1 Å². The van der Waals surface area contributed by atoms with E-state index in [1.807, 2.05) is 19.1 Å². The molecule has 0 atom stereocenters. The monoisotopic (exact) mass is 297 g/mol. The van der Waals surface area contributed by atoms with Crippen LogP contribution >= 0.6 is 15.9 Å². The van der Waals surface area contributed by atoms with E-state index in [1.165, 1.54) is 0 Å². The third-order valence-electron chi connectivity index (χ3n) is 2.70. The van der Waals surface area contributed by atoms with E-state index in [2.05, 4.69) is 31.5 Å². The molecule has 1 amide bonds. The Morgan fingerprint density at radius 3 is 2.88 bits per heavy atom. The molecule has 1 aromatic heterocycles. The van der Waals surface area contributed by atoms with Gasteiger partial charge in [-0.3, -0.25) is 4.79 Å². The lowest BCUT2D eigenvalue weighted by Crippen LogP contribution is -2.29. The Morgan fingerprint density at radius 2 is 2.24 bits per heavy atom. The van der Waals surface area contributed by atoms with Crippen LogP contribution in [0.3, 0.4) is 0 Å². The quantitative estimate of drug-likeness (QED) is 0.818. The van der Waals surface area contributed by atoms with Crippen LogP contribution in [0.1, 0.15) is 18.5 Å². The van der Waals surface area contributed by atoms with Crippen LogP contribution in [0.5, 0.6) is 0 Å². The van der Waals surface area contributed by atoms with Crippen LogP contribution in [0.4, 0.5) is 5.82 Å². The number of hydrogen-bond acceptors (Lipinski definition) is 3. The predicted octanol–water partition coefficient (Wildman–Crippen LogP) is 2.09.